The van der Waals surface area contributed by atoms with E-state index in [1.165, 1.54) is 0 Å². The monoisotopic (exact) mass is 358 g/mol. The molecule has 0 aliphatic carbocycles. The minimum Gasteiger partial charge on any atom is -0.450 e. The van der Waals surface area contributed by atoms with Crippen molar-refractivity contribution in [2.45, 2.75) is 32.2 Å². The first-order valence-corrected chi connectivity index (χ1v) is 8.76. The number of likely N-dealkylation sites (tertiary alicyclic amines) is 1. The van der Waals surface area contributed by atoms with Crippen molar-refractivity contribution >= 4 is 22.9 Å². The molecular formula is C18H22N4O4. The van der Waals surface area contributed by atoms with Gasteiger partial charge in [0.25, 0.3) is 5.56 Å². The molecule has 2 amide bonds. The Balaban J connectivity index is 1.52. The number of para-hydroxylation sites is 1. The molecule has 0 unspecified atom stereocenters. The molecule has 8 heteroatoms. The number of carbonyl (C=O) groups is 2. The lowest BCUT2D eigenvalue weighted by Crippen LogP contribution is -2.38. The van der Waals surface area contributed by atoms with Crippen molar-refractivity contribution in [3.05, 3.63) is 40.4 Å². The van der Waals surface area contributed by atoms with Crippen LogP contribution in [0.5, 0.6) is 0 Å². The number of aromatic nitrogens is 2. The van der Waals surface area contributed by atoms with Gasteiger partial charge in [-0.15, -0.1) is 0 Å². The third-order valence-corrected chi connectivity index (χ3v) is 4.33. The summed E-state index contributed by atoms with van der Waals surface area (Å²) in [6.45, 7) is 3.13. The zero-order valence-corrected chi connectivity index (χ0v) is 14.7. The molecule has 2 N–H and O–H groups in total. The highest BCUT2D eigenvalue weighted by Gasteiger charge is 2.27. The van der Waals surface area contributed by atoms with E-state index < -0.39 is 0 Å². The predicted molar refractivity (Wildman–Crippen MR) is 95.8 cm³/mol. The van der Waals surface area contributed by atoms with Crippen LogP contribution < -0.4 is 10.9 Å². The van der Waals surface area contributed by atoms with Crippen LogP contribution >= 0.6 is 0 Å². The highest BCUT2D eigenvalue weighted by Crippen LogP contribution is 2.11. The van der Waals surface area contributed by atoms with Crippen molar-refractivity contribution < 1.29 is 14.3 Å². The third kappa shape index (κ3) is 4.19. The van der Waals surface area contributed by atoms with E-state index in [1.54, 1.807) is 30.0 Å². The summed E-state index contributed by atoms with van der Waals surface area (Å²) in [7, 11) is 0. The fraction of sp³-hybridized carbons (Fsp3) is 0.444. The van der Waals surface area contributed by atoms with E-state index >= 15 is 0 Å². The van der Waals surface area contributed by atoms with Gasteiger partial charge in [0.2, 0.25) is 5.91 Å². The number of rotatable bonds is 5. The molecule has 26 heavy (non-hydrogen) atoms. The quantitative estimate of drug-likeness (QED) is 0.836. The molecule has 1 aromatic carbocycles. The van der Waals surface area contributed by atoms with Gasteiger partial charge in [-0.3, -0.25) is 9.59 Å². The first-order valence-electron chi connectivity index (χ1n) is 8.76. The number of nitrogens with zero attached hydrogens (tertiary/aromatic N) is 2. The SMILES string of the molecule is CCOC(=O)N1CC[C@@H](NC(=O)CCc2nc3ccccc3c(=O)[nH]2)C1. The van der Waals surface area contributed by atoms with Crippen molar-refractivity contribution in [1.82, 2.24) is 20.2 Å². The van der Waals surface area contributed by atoms with Crippen LogP contribution in [0, 0.1) is 0 Å². The van der Waals surface area contributed by atoms with Crippen LogP contribution in [0.15, 0.2) is 29.1 Å². The Morgan fingerprint density at radius 1 is 1.38 bits per heavy atom. The number of amides is 2. The maximum Gasteiger partial charge on any atom is 0.409 e. The Bertz CT molecular complexity index is 864. The first kappa shape index (κ1) is 17.9. The summed E-state index contributed by atoms with van der Waals surface area (Å²) in [5, 5.41) is 3.45. The molecule has 2 heterocycles. The molecule has 3 rings (SSSR count). The van der Waals surface area contributed by atoms with Crippen LogP contribution in [0.25, 0.3) is 10.9 Å². The van der Waals surface area contributed by atoms with Gasteiger partial charge in [-0.2, -0.15) is 0 Å². The minimum absolute atomic E-state index is 0.0736. The molecule has 1 aromatic heterocycles. The smallest absolute Gasteiger partial charge is 0.409 e. The summed E-state index contributed by atoms with van der Waals surface area (Å²) >= 11 is 0. The molecular weight excluding hydrogens is 336 g/mol. The van der Waals surface area contributed by atoms with E-state index in [9.17, 15) is 14.4 Å². The van der Waals surface area contributed by atoms with Crippen molar-refractivity contribution in [2.24, 2.45) is 0 Å². The maximum atomic E-state index is 12.2. The number of carbonyl (C=O) groups excluding carboxylic acids is 2. The number of aryl methyl sites for hydroxylation is 1. The largest absolute Gasteiger partial charge is 0.450 e. The first-order chi connectivity index (χ1) is 12.6. The van der Waals surface area contributed by atoms with Crippen molar-refractivity contribution in [3.63, 3.8) is 0 Å². The molecule has 0 spiro atoms. The molecule has 0 saturated carbocycles. The fourth-order valence-electron chi connectivity index (χ4n) is 3.04. The van der Waals surface area contributed by atoms with E-state index in [4.69, 9.17) is 4.74 Å². The fourth-order valence-corrected chi connectivity index (χ4v) is 3.04. The number of ether oxygens (including phenoxy) is 1. The van der Waals surface area contributed by atoms with E-state index in [-0.39, 0.29) is 30.0 Å². The average Bonchev–Trinajstić information content (AvgIpc) is 3.09. The van der Waals surface area contributed by atoms with Gasteiger partial charge < -0.3 is 19.9 Å². The van der Waals surface area contributed by atoms with Gasteiger partial charge in [-0.25, -0.2) is 9.78 Å². The van der Waals surface area contributed by atoms with Crippen LogP contribution in [-0.2, 0) is 16.0 Å². The summed E-state index contributed by atoms with van der Waals surface area (Å²) in [6.07, 6.45) is 0.926. The molecule has 0 radical (unpaired) electrons. The standard InChI is InChI=1S/C18H22N4O4/c1-2-26-18(25)22-10-9-12(11-22)19-16(23)8-7-15-20-14-6-4-3-5-13(14)17(24)21-15/h3-6,12H,2,7-11H2,1H3,(H,19,23)(H,20,21,24)/t12-/m1/s1. The lowest BCUT2D eigenvalue weighted by atomic mass is 10.2. The second-order valence-electron chi connectivity index (χ2n) is 6.23. The van der Waals surface area contributed by atoms with E-state index in [1.807, 2.05) is 6.07 Å². The van der Waals surface area contributed by atoms with Crippen molar-refractivity contribution in [1.29, 1.82) is 0 Å². The van der Waals surface area contributed by atoms with Gasteiger partial charge in [0.05, 0.1) is 17.5 Å². The number of fused-ring (bicyclic) bond motifs is 1. The molecule has 2 aromatic rings. The lowest BCUT2D eigenvalue weighted by molar-refractivity contribution is -0.121. The summed E-state index contributed by atoms with van der Waals surface area (Å²) in [6, 6.07) is 7.02. The maximum absolute atomic E-state index is 12.2. The Hall–Kier alpha value is -2.90. The average molecular weight is 358 g/mol. The van der Waals surface area contributed by atoms with E-state index in [0.717, 1.165) is 0 Å². The molecule has 1 aliphatic rings. The molecule has 1 fully saturated rings. The highest BCUT2D eigenvalue weighted by molar-refractivity contribution is 5.78. The minimum atomic E-state index is -0.345. The molecule has 138 valence electrons. The summed E-state index contributed by atoms with van der Waals surface area (Å²) in [5.74, 6) is 0.361. The second-order valence-corrected chi connectivity index (χ2v) is 6.23. The number of nitrogens with one attached hydrogen (secondary N) is 2. The van der Waals surface area contributed by atoms with Crippen LogP contribution in [0.3, 0.4) is 0 Å². The summed E-state index contributed by atoms with van der Waals surface area (Å²) in [5.41, 5.74) is 0.416. The van der Waals surface area contributed by atoms with Crippen molar-refractivity contribution in [3.8, 4) is 0 Å². The third-order valence-electron chi connectivity index (χ3n) is 4.33. The zero-order chi connectivity index (χ0) is 18.5. The number of hydrogen-bond acceptors (Lipinski definition) is 5. The summed E-state index contributed by atoms with van der Waals surface area (Å²) < 4.78 is 4.96. The molecule has 1 aliphatic heterocycles. The van der Waals surface area contributed by atoms with Gasteiger partial charge in [0.1, 0.15) is 5.82 Å². The molecule has 0 bridgehead atoms. The lowest BCUT2D eigenvalue weighted by Gasteiger charge is -2.16. The van der Waals surface area contributed by atoms with Crippen LogP contribution in [-0.4, -0.2) is 52.6 Å². The van der Waals surface area contributed by atoms with Gasteiger partial charge >= 0.3 is 6.09 Å². The Labute approximate surface area is 150 Å². The van der Waals surface area contributed by atoms with Gasteiger partial charge in [-0.05, 0) is 25.5 Å². The number of benzene rings is 1. The second kappa shape index (κ2) is 7.99. The Kier molecular flexibility index (Phi) is 5.50. The van der Waals surface area contributed by atoms with Crippen LogP contribution in [0.1, 0.15) is 25.6 Å². The molecule has 1 atom stereocenters. The topological polar surface area (TPSA) is 104 Å². The van der Waals surface area contributed by atoms with Gasteiger partial charge in [0.15, 0.2) is 0 Å². The number of hydrogen-bond donors (Lipinski definition) is 2. The highest BCUT2D eigenvalue weighted by atomic mass is 16.6. The predicted octanol–water partition coefficient (Wildman–Crippen LogP) is 1.20. The Morgan fingerprint density at radius 2 is 2.19 bits per heavy atom. The number of aromatic amines is 1. The van der Waals surface area contributed by atoms with Gasteiger partial charge in [-0.1, -0.05) is 12.1 Å². The van der Waals surface area contributed by atoms with E-state index in [2.05, 4.69) is 15.3 Å². The Morgan fingerprint density at radius 3 is 3.00 bits per heavy atom. The van der Waals surface area contributed by atoms with Crippen LogP contribution in [0.2, 0.25) is 0 Å². The zero-order valence-electron chi connectivity index (χ0n) is 14.7. The van der Waals surface area contributed by atoms with Gasteiger partial charge in [0, 0.05) is 32.0 Å². The molecule has 1 saturated heterocycles. The summed E-state index contributed by atoms with van der Waals surface area (Å²) in [4.78, 5) is 44.6. The van der Waals surface area contributed by atoms with E-state index in [0.29, 0.717) is 49.3 Å². The van der Waals surface area contributed by atoms with Crippen LogP contribution in [0.4, 0.5) is 4.79 Å². The number of H-pyrrole nitrogens is 1. The molecule has 8 nitrogen and oxygen atoms in total. The van der Waals surface area contributed by atoms with Crippen molar-refractivity contribution in [2.75, 3.05) is 19.7 Å². The normalized spacial score (nSPS) is 16.7.